The van der Waals surface area contributed by atoms with Gasteiger partial charge in [0.1, 0.15) is 11.6 Å². The summed E-state index contributed by atoms with van der Waals surface area (Å²) in [4.78, 5) is 41.8. The first kappa shape index (κ1) is 30.2. The van der Waals surface area contributed by atoms with Gasteiger partial charge in [-0.1, -0.05) is 12.1 Å². The molecule has 3 N–H and O–H groups in total. The van der Waals surface area contributed by atoms with E-state index in [9.17, 15) is 31.9 Å². The van der Waals surface area contributed by atoms with Crippen LogP contribution in [0.5, 0.6) is 5.75 Å². The number of aromatic nitrogens is 1. The molecular weight excluding hydrogens is 572 g/mol. The summed E-state index contributed by atoms with van der Waals surface area (Å²) < 4.78 is 66.9. The van der Waals surface area contributed by atoms with Crippen molar-refractivity contribution >= 4 is 17.5 Å². The maximum absolute atomic E-state index is 15.0. The third kappa shape index (κ3) is 7.23. The summed E-state index contributed by atoms with van der Waals surface area (Å²) in [6.07, 6.45) is -2.74. The number of halogens is 4. The van der Waals surface area contributed by atoms with Crippen LogP contribution < -0.4 is 20.9 Å². The Kier molecular flexibility index (Phi) is 8.83. The number of amides is 2. The van der Waals surface area contributed by atoms with Crippen molar-refractivity contribution in [2.24, 2.45) is 0 Å². The van der Waals surface area contributed by atoms with Crippen molar-refractivity contribution < 1.29 is 36.6 Å². The SMILES string of the molecule is CCOc1cc(=O)[nH]cc1-c1ccc(CC(=O)Nc2cc(C(=O)NCCN3C[C@@H]4C[C@H]3CO4)cc(C(F)(F)F)c2)c(F)c1. The van der Waals surface area contributed by atoms with Gasteiger partial charge in [0, 0.05) is 54.8 Å². The molecule has 0 saturated carbocycles. The Morgan fingerprint density at radius 3 is 2.65 bits per heavy atom. The van der Waals surface area contributed by atoms with Gasteiger partial charge >= 0.3 is 6.18 Å². The van der Waals surface area contributed by atoms with Crippen LogP contribution in [0.4, 0.5) is 23.2 Å². The number of ether oxygens (including phenoxy) is 2. The molecule has 0 aliphatic carbocycles. The zero-order chi connectivity index (χ0) is 30.7. The highest BCUT2D eigenvalue weighted by Gasteiger charge is 2.38. The molecule has 2 saturated heterocycles. The number of H-pyrrole nitrogens is 1. The van der Waals surface area contributed by atoms with Crippen LogP contribution in [0.25, 0.3) is 11.1 Å². The molecule has 2 aromatic carbocycles. The van der Waals surface area contributed by atoms with Gasteiger partial charge in [-0.15, -0.1) is 0 Å². The van der Waals surface area contributed by atoms with Gasteiger partial charge < -0.3 is 25.1 Å². The second-order valence-electron chi connectivity index (χ2n) is 10.4. The number of nitrogens with zero attached hydrogens (tertiary/aromatic N) is 1. The smallest absolute Gasteiger partial charge is 0.416 e. The van der Waals surface area contributed by atoms with Crippen LogP contribution in [-0.2, 0) is 22.1 Å². The van der Waals surface area contributed by atoms with Crippen LogP contribution in [0.1, 0.15) is 34.8 Å². The fourth-order valence-electron chi connectivity index (χ4n) is 5.35. The van der Waals surface area contributed by atoms with Gasteiger partial charge in [-0.25, -0.2) is 4.39 Å². The molecule has 2 aliphatic rings. The van der Waals surface area contributed by atoms with Crippen LogP contribution in [-0.4, -0.2) is 66.7 Å². The standard InChI is InChI=1S/C30H30F4N4O5/c1-2-42-26-13-27(39)36-14-24(26)17-3-4-18(25(31)9-17)10-28(40)37-21-8-19(7-20(11-21)30(32,33)34)29(41)35-5-6-38-15-23-12-22(38)16-43-23/h3-4,7-9,11,13-14,22-23H,2,5-6,10,12,15-16H2,1H3,(H,35,41)(H,36,39)(H,37,40)/t22-,23-/m0/s1. The molecule has 228 valence electrons. The highest BCUT2D eigenvalue weighted by molar-refractivity contribution is 5.98. The Labute approximate surface area is 244 Å². The maximum Gasteiger partial charge on any atom is 0.416 e. The molecule has 2 bridgehead atoms. The van der Waals surface area contributed by atoms with Crippen LogP contribution in [0.3, 0.4) is 0 Å². The van der Waals surface area contributed by atoms with Crippen molar-refractivity contribution in [2.75, 3.05) is 38.2 Å². The first-order valence-corrected chi connectivity index (χ1v) is 13.8. The van der Waals surface area contributed by atoms with Crippen molar-refractivity contribution in [3.8, 4) is 16.9 Å². The number of morpholine rings is 1. The molecule has 13 heteroatoms. The Balaban J connectivity index is 1.26. The third-order valence-electron chi connectivity index (χ3n) is 7.41. The second kappa shape index (κ2) is 12.6. The van der Waals surface area contributed by atoms with E-state index in [-0.39, 0.29) is 53.4 Å². The number of nitrogens with one attached hydrogen (secondary N) is 3. The number of alkyl halides is 3. The summed E-state index contributed by atoms with van der Waals surface area (Å²) >= 11 is 0. The molecule has 2 fully saturated rings. The predicted octanol–water partition coefficient (Wildman–Crippen LogP) is 3.98. The first-order chi connectivity index (χ1) is 20.5. The second-order valence-corrected chi connectivity index (χ2v) is 10.4. The summed E-state index contributed by atoms with van der Waals surface area (Å²) in [6.45, 7) is 4.18. The number of hydrogen-bond acceptors (Lipinski definition) is 6. The van der Waals surface area contributed by atoms with E-state index in [1.165, 1.54) is 30.5 Å². The van der Waals surface area contributed by atoms with E-state index in [2.05, 4.69) is 20.5 Å². The Morgan fingerprint density at radius 1 is 1.16 bits per heavy atom. The average Bonchev–Trinajstić information content (AvgIpc) is 3.58. The zero-order valence-corrected chi connectivity index (χ0v) is 23.2. The van der Waals surface area contributed by atoms with E-state index in [1.54, 1.807) is 6.92 Å². The Hall–Kier alpha value is -4.23. The van der Waals surface area contributed by atoms with Gasteiger partial charge in [-0.05, 0) is 48.7 Å². The lowest BCUT2D eigenvalue weighted by molar-refractivity contribution is -0.137. The number of aromatic amines is 1. The van der Waals surface area contributed by atoms with Gasteiger partial charge in [0.25, 0.3) is 11.5 Å². The molecule has 0 unspecified atom stereocenters. The van der Waals surface area contributed by atoms with E-state index in [4.69, 9.17) is 9.47 Å². The van der Waals surface area contributed by atoms with Crippen LogP contribution in [0.15, 0.2) is 53.5 Å². The van der Waals surface area contributed by atoms with Gasteiger partial charge in [-0.2, -0.15) is 13.2 Å². The summed E-state index contributed by atoms with van der Waals surface area (Å²) in [6, 6.07) is 8.21. The van der Waals surface area contributed by atoms with Crippen molar-refractivity contribution in [1.29, 1.82) is 0 Å². The largest absolute Gasteiger partial charge is 0.493 e. The summed E-state index contributed by atoms with van der Waals surface area (Å²) in [5.74, 6) is -1.96. The number of likely N-dealkylation sites (tertiary alicyclic amines) is 1. The Morgan fingerprint density at radius 2 is 1.98 bits per heavy atom. The van der Waals surface area contributed by atoms with Gasteiger partial charge in [-0.3, -0.25) is 19.3 Å². The molecule has 0 radical (unpaired) electrons. The van der Waals surface area contributed by atoms with Crippen LogP contribution in [0.2, 0.25) is 0 Å². The fraction of sp³-hybridized carbons (Fsp3) is 0.367. The van der Waals surface area contributed by atoms with E-state index in [0.29, 0.717) is 24.3 Å². The van der Waals surface area contributed by atoms with Crippen molar-refractivity contribution in [1.82, 2.24) is 15.2 Å². The molecule has 0 spiro atoms. The van der Waals surface area contributed by atoms with E-state index < -0.39 is 35.8 Å². The normalized spacial score (nSPS) is 18.1. The molecule has 2 aliphatic heterocycles. The fourth-order valence-corrected chi connectivity index (χ4v) is 5.35. The van der Waals surface area contributed by atoms with Crippen molar-refractivity contribution in [3.05, 3.63) is 81.5 Å². The molecule has 2 amide bonds. The number of rotatable bonds is 10. The van der Waals surface area contributed by atoms with Gasteiger partial charge in [0.05, 0.1) is 31.3 Å². The predicted molar refractivity (Wildman–Crippen MR) is 149 cm³/mol. The lowest BCUT2D eigenvalue weighted by Crippen LogP contribution is -2.42. The third-order valence-corrected chi connectivity index (χ3v) is 7.41. The minimum absolute atomic E-state index is 0.00501. The number of carbonyl (C=O) groups is 2. The Bertz CT molecular complexity index is 1570. The van der Waals surface area contributed by atoms with Gasteiger partial charge in [0.2, 0.25) is 5.91 Å². The molecule has 1 aromatic heterocycles. The first-order valence-electron chi connectivity index (χ1n) is 13.8. The number of pyridine rings is 1. The number of anilines is 1. The molecule has 5 rings (SSSR count). The summed E-state index contributed by atoms with van der Waals surface area (Å²) in [5, 5.41) is 5.00. The summed E-state index contributed by atoms with van der Waals surface area (Å²) in [7, 11) is 0. The minimum atomic E-state index is -4.77. The highest BCUT2D eigenvalue weighted by Crippen LogP contribution is 2.33. The minimum Gasteiger partial charge on any atom is -0.493 e. The molecule has 43 heavy (non-hydrogen) atoms. The van der Waals surface area contributed by atoms with E-state index >= 15 is 0 Å². The molecule has 3 aromatic rings. The van der Waals surface area contributed by atoms with Crippen molar-refractivity contribution in [2.45, 2.75) is 38.1 Å². The van der Waals surface area contributed by atoms with Gasteiger partial charge in [0.15, 0.2) is 0 Å². The number of hydrogen-bond donors (Lipinski definition) is 3. The zero-order valence-electron chi connectivity index (χ0n) is 23.2. The van der Waals surface area contributed by atoms with Crippen molar-refractivity contribution in [3.63, 3.8) is 0 Å². The molecule has 2 atom stereocenters. The summed E-state index contributed by atoms with van der Waals surface area (Å²) in [5.41, 5.74) is -1.18. The number of fused-ring (bicyclic) bond motifs is 2. The van der Waals surface area contributed by atoms with E-state index in [1.807, 2.05) is 0 Å². The van der Waals surface area contributed by atoms with Crippen LogP contribution in [0, 0.1) is 5.82 Å². The lowest BCUT2D eigenvalue weighted by atomic mass is 10.0. The average molecular weight is 603 g/mol. The molecule has 9 nitrogen and oxygen atoms in total. The number of benzene rings is 2. The quantitative estimate of drug-likeness (QED) is 0.303. The topological polar surface area (TPSA) is 113 Å². The number of carbonyl (C=O) groups excluding carboxylic acids is 2. The highest BCUT2D eigenvalue weighted by atomic mass is 19.4. The van der Waals surface area contributed by atoms with Crippen LogP contribution >= 0.6 is 0 Å². The maximum atomic E-state index is 15.0. The monoisotopic (exact) mass is 602 g/mol. The lowest BCUT2D eigenvalue weighted by Gasteiger charge is -2.26. The molecular formula is C30H30F4N4O5. The molecule has 3 heterocycles. The van der Waals surface area contributed by atoms with E-state index in [0.717, 1.165) is 31.2 Å².